The van der Waals surface area contributed by atoms with E-state index in [0.29, 0.717) is 0 Å². The van der Waals surface area contributed by atoms with Crippen LogP contribution in [0, 0.1) is 5.92 Å². The predicted molar refractivity (Wildman–Crippen MR) is 74.3 cm³/mol. The molecule has 104 valence electrons. The van der Waals surface area contributed by atoms with Gasteiger partial charge >= 0.3 is 0 Å². The second kappa shape index (κ2) is 5.72. The Labute approximate surface area is 114 Å². The zero-order valence-corrected chi connectivity index (χ0v) is 11.3. The highest BCUT2D eigenvalue weighted by atomic mass is 16.3. The van der Waals surface area contributed by atoms with Gasteiger partial charge in [0, 0.05) is 6.04 Å². The van der Waals surface area contributed by atoms with Crippen molar-refractivity contribution < 1.29 is 9.90 Å². The highest BCUT2D eigenvalue weighted by molar-refractivity contribution is 5.80. The number of aliphatic hydroxyl groups excluding tert-OH is 1. The Morgan fingerprint density at radius 2 is 2.05 bits per heavy atom. The average Bonchev–Trinajstić information content (AvgIpc) is 2.42. The van der Waals surface area contributed by atoms with Crippen LogP contribution in [-0.2, 0) is 4.79 Å². The Morgan fingerprint density at radius 3 is 2.53 bits per heavy atom. The fraction of sp³-hybridized carbons (Fsp3) is 0.533. The summed E-state index contributed by atoms with van der Waals surface area (Å²) in [6, 6.07) is 9.30. The lowest BCUT2D eigenvalue weighted by Gasteiger charge is -2.42. The van der Waals surface area contributed by atoms with Crippen LogP contribution in [0.15, 0.2) is 30.3 Å². The number of nitrogens with two attached hydrogens (primary N) is 1. The van der Waals surface area contributed by atoms with Crippen molar-refractivity contribution in [3.63, 3.8) is 0 Å². The van der Waals surface area contributed by atoms with Gasteiger partial charge in [0.25, 0.3) is 0 Å². The van der Waals surface area contributed by atoms with E-state index in [1.165, 1.54) is 0 Å². The first-order valence-electron chi connectivity index (χ1n) is 6.81. The number of amides is 1. The molecule has 0 aliphatic heterocycles. The first kappa shape index (κ1) is 14.0. The molecule has 2 rings (SSSR count). The topological polar surface area (TPSA) is 75.3 Å². The van der Waals surface area contributed by atoms with Crippen LogP contribution in [0.1, 0.15) is 37.8 Å². The van der Waals surface area contributed by atoms with Crippen molar-refractivity contribution in [1.82, 2.24) is 5.32 Å². The standard InChI is InChI=1S/C15H22N2O2/c1-11(13(16)12-6-3-2-4-7-12)14(19)17-15(10-18)8-5-9-15/h2-4,6-7,11,13,18H,5,8-10,16H2,1H3,(H,17,19). The third-order valence-electron chi connectivity index (χ3n) is 4.14. The zero-order chi connectivity index (χ0) is 13.9. The molecule has 1 amide bonds. The molecule has 4 heteroatoms. The summed E-state index contributed by atoms with van der Waals surface area (Å²) in [5, 5.41) is 12.3. The van der Waals surface area contributed by atoms with Crippen LogP contribution in [0.2, 0.25) is 0 Å². The monoisotopic (exact) mass is 262 g/mol. The van der Waals surface area contributed by atoms with Crippen molar-refractivity contribution in [2.45, 2.75) is 37.8 Å². The van der Waals surface area contributed by atoms with Crippen LogP contribution in [0.5, 0.6) is 0 Å². The van der Waals surface area contributed by atoms with E-state index in [2.05, 4.69) is 5.32 Å². The van der Waals surface area contributed by atoms with E-state index in [1.807, 2.05) is 37.3 Å². The molecule has 1 aromatic carbocycles. The van der Waals surface area contributed by atoms with E-state index in [1.54, 1.807) is 0 Å². The normalized spacial score (nSPS) is 20.2. The van der Waals surface area contributed by atoms with Crippen molar-refractivity contribution in [3.8, 4) is 0 Å². The van der Waals surface area contributed by atoms with Crippen LogP contribution in [0.4, 0.5) is 0 Å². The molecule has 1 saturated carbocycles. The molecule has 0 heterocycles. The highest BCUT2D eigenvalue weighted by Gasteiger charge is 2.39. The van der Waals surface area contributed by atoms with Crippen molar-refractivity contribution in [3.05, 3.63) is 35.9 Å². The molecule has 0 aromatic heterocycles. The lowest BCUT2D eigenvalue weighted by molar-refractivity contribution is -0.129. The number of carbonyl (C=O) groups is 1. The van der Waals surface area contributed by atoms with Crippen molar-refractivity contribution >= 4 is 5.91 Å². The molecular formula is C15H22N2O2. The van der Waals surface area contributed by atoms with E-state index >= 15 is 0 Å². The summed E-state index contributed by atoms with van der Waals surface area (Å²) >= 11 is 0. The first-order valence-corrected chi connectivity index (χ1v) is 6.81. The van der Waals surface area contributed by atoms with Crippen LogP contribution in [0.25, 0.3) is 0 Å². The molecule has 4 N–H and O–H groups in total. The third-order valence-corrected chi connectivity index (χ3v) is 4.14. The fourth-order valence-electron chi connectivity index (χ4n) is 2.43. The number of hydrogen-bond donors (Lipinski definition) is 3. The molecule has 0 bridgehead atoms. The minimum absolute atomic E-state index is 0.00599. The SMILES string of the molecule is CC(C(=O)NC1(CO)CCC1)C(N)c1ccccc1. The van der Waals surface area contributed by atoms with Crippen LogP contribution < -0.4 is 11.1 Å². The van der Waals surface area contributed by atoms with Gasteiger partial charge in [0.05, 0.1) is 18.1 Å². The molecule has 1 aliphatic rings. The van der Waals surface area contributed by atoms with Gasteiger partial charge in [0.15, 0.2) is 0 Å². The van der Waals surface area contributed by atoms with Gasteiger partial charge in [0.2, 0.25) is 5.91 Å². The maximum Gasteiger partial charge on any atom is 0.225 e. The van der Waals surface area contributed by atoms with Crippen molar-refractivity contribution in [2.24, 2.45) is 11.7 Å². The Morgan fingerprint density at radius 1 is 1.42 bits per heavy atom. The lowest BCUT2D eigenvalue weighted by Crippen LogP contribution is -2.57. The molecule has 0 spiro atoms. The van der Waals surface area contributed by atoms with E-state index < -0.39 is 5.54 Å². The highest BCUT2D eigenvalue weighted by Crippen LogP contribution is 2.32. The van der Waals surface area contributed by atoms with Gasteiger partial charge in [-0.3, -0.25) is 4.79 Å². The quantitative estimate of drug-likeness (QED) is 0.750. The Balaban J connectivity index is 1.99. The van der Waals surface area contributed by atoms with Crippen molar-refractivity contribution in [2.75, 3.05) is 6.61 Å². The number of hydrogen-bond acceptors (Lipinski definition) is 3. The Kier molecular flexibility index (Phi) is 4.22. The van der Waals surface area contributed by atoms with E-state index in [-0.39, 0.29) is 24.5 Å². The van der Waals surface area contributed by atoms with E-state index in [0.717, 1.165) is 24.8 Å². The number of nitrogens with one attached hydrogen (secondary N) is 1. The molecule has 19 heavy (non-hydrogen) atoms. The Hall–Kier alpha value is -1.39. The van der Waals surface area contributed by atoms with Gasteiger partial charge in [-0.25, -0.2) is 0 Å². The number of rotatable bonds is 5. The Bertz CT molecular complexity index is 424. The summed E-state index contributed by atoms with van der Waals surface area (Å²) in [7, 11) is 0. The molecule has 0 radical (unpaired) electrons. The molecule has 2 unspecified atom stereocenters. The molecule has 1 aromatic rings. The summed E-state index contributed by atoms with van der Waals surface area (Å²) in [5.74, 6) is -0.392. The summed E-state index contributed by atoms with van der Waals surface area (Å²) in [6.45, 7) is 1.84. The smallest absolute Gasteiger partial charge is 0.225 e. The second-order valence-electron chi connectivity index (χ2n) is 5.51. The number of carbonyl (C=O) groups excluding carboxylic acids is 1. The molecular weight excluding hydrogens is 240 g/mol. The molecule has 2 atom stereocenters. The summed E-state index contributed by atoms with van der Waals surface area (Å²) in [5.41, 5.74) is 6.69. The van der Waals surface area contributed by atoms with Crippen LogP contribution >= 0.6 is 0 Å². The van der Waals surface area contributed by atoms with E-state index in [9.17, 15) is 9.90 Å². The number of aliphatic hydroxyl groups is 1. The minimum atomic E-state index is -0.401. The molecule has 1 aliphatic carbocycles. The maximum atomic E-state index is 12.2. The van der Waals surface area contributed by atoms with Gasteiger partial charge in [0.1, 0.15) is 0 Å². The van der Waals surface area contributed by atoms with Gasteiger partial charge in [-0.05, 0) is 24.8 Å². The van der Waals surface area contributed by atoms with Gasteiger partial charge in [-0.2, -0.15) is 0 Å². The van der Waals surface area contributed by atoms with Crippen molar-refractivity contribution in [1.29, 1.82) is 0 Å². The lowest BCUT2D eigenvalue weighted by atomic mass is 9.77. The van der Waals surface area contributed by atoms with Crippen LogP contribution in [-0.4, -0.2) is 23.2 Å². The van der Waals surface area contributed by atoms with Gasteiger partial charge < -0.3 is 16.2 Å². The number of benzene rings is 1. The predicted octanol–water partition coefficient (Wildman–Crippen LogP) is 1.35. The van der Waals surface area contributed by atoms with Crippen LogP contribution in [0.3, 0.4) is 0 Å². The summed E-state index contributed by atoms with van der Waals surface area (Å²) in [6.07, 6.45) is 2.75. The maximum absolute atomic E-state index is 12.2. The largest absolute Gasteiger partial charge is 0.394 e. The first-order chi connectivity index (χ1) is 9.08. The zero-order valence-electron chi connectivity index (χ0n) is 11.3. The minimum Gasteiger partial charge on any atom is -0.394 e. The molecule has 1 fully saturated rings. The average molecular weight is 262 g/mol. The fourth-order valence-corrected chi connectivity index (χ4v) is 2.43. The summed E-state index contributed by atoms with van der Waals surface area (Å²) < 4.78 is 0. The summed E-state index contributed by atoms with van der Waals surface area (Å²) in [4.78, 5) is 12.2. The molecule has 4 nitrogen and oxygen atoms in total. The second-order valence-corrected chi connectivity index (χ2v) is 5.51. The van der Waals surface area contributed by atoms with Gasteiger partial charge in [-0.15, -0.1) is 0 Å². The molecule has 0 saturated heterocycles. The third kappa shape index (κ3) is 2.96. The van der Waals surface area contributed by atoms with E-state index in [4.69, 9.17) is 5.73 Å². The van der Waals surface area contributed by atoms with Gasteiger partial charge in [-0.1, -0.05) is 37.3 Å².